The first-order valence-corrected chi connectivity index (χ1v) is 5.43. The molecule has 0 spiro atoms. The Labute approximate surface area is 81.4 Å². The Bertz CT molecular complexity index is 107. The van der Waals surface area contributed by atoms with Gasteiger partial charge in [-0.15, -0.1) is 4.91 Å². The minimum atomic E-state index is 0.834. The molecule has 0 rings (SSSR count). The van der Waals surface area contributed by atoms with Crippen LogP contribution < -0.4 is 0 Å². The molecule has 0 aromatic heterocycles. The van der Waals surface area contributed by atoms with E-state index in [1.54, 1.807) is 5.01 Å². The smallest absolute Gasteiger partial charge is 0.0523 e. The van der Waals surface area contributed by atoms with Crippen LogP contribution in [0.1, 0.15) is 52.4 Å². The molecule has 3 heteroatoms. The van der Waals surface area contributed by atoms with Crippen LogP contribution in [0, 0.1) is 4.91 Å². The average Bonchev–Trinajstić information content (AvgIpc) is 2.16. The summed E-state index contributed by atoms with van der Waals surface area (Å²) < 4.78 is 0. The Hall–Kier alpha value is -0.600. The molecule has 0 aliphatic rings. The van der Waals surface area contributed by atoms with E-state index in [4.69, 9.17) is 0 Å². The van der Waals surface area contributed by atoms with E-state index in [0.29, 0.717) is 0 Å². The lowest BCUT2D eigenvalue weighted by Gasteiger charge is -2.14. The summed E-state index contributed by atoms with van der Waals surface area (Å²) in [6.45, 7) is 5.99. The predicted octanol–water partition coefficient (Wildman–Crippen LogP) is 3.35. The maximum absolute atomic E-state index is 10.4. The van der Waals surface area contributed by atoms with Crippen LogP contribution >= 0.6 is 0 Å². The van der Waals surface area contributed by atoms with E-state index in [-0.39, 0.29) is 0 Å². The standard InChI is InChI=1S/C10H22N2O/c1-3-5-7-9-12(11-13)10-8-6-4-2/h3-10H2,1-2H3. The molecule has 0 saturated heterocycles. The lowest BCUT2D eigenvalue weighted by molar-refractivity contribution is 0.271. The summed E-state index contributed by atoms with van der Waals surface area (Å²) in [6.07, 6.45) is 6.96. The molecule has 13 heavy (non-hydrogen) atoms. The van der Waals surface area contributed by atoms with Gasteiger partial charge < -0.3 is 0 Å². The van der Waals surface area contributed by atoms with Crippen molar-refractivity contribution in [2.75, 3.05) is 13.1 Å². The Balaban J connectivity index is 3.34. The van der Waals surface area contributed by atoms with Gasteiger partial charge in [0.2, 0.25) is 0 Å². The van der Waals surface area contributed by atoms with Crippen LogP contribution in [0.15, 0.2) is 5.29 Å². The van der Waals surface area contributed by atoms with Crippen LogP contribution in [-0.4, -0.2) is 18.1 Å². The average molecular weight is 186 g/mol. The molecular weight excluding hydrogens is 164 g/mol. The molecule has 0 fully saturated rings. The molecule has 0 radical (unpaired) electrons. The summed E-state index contributed by atoms with van der Waals surface area (Å²) in [5.74, 6) is 0. The maximum atomic E-state index is 10.4. The van der Waals surface area contributed by atoms with Crippen molar-refractivity contribution in [1.82, 2.24) is 5.01 Å². The molecule has 0 unspecified atom stereocenters. The Morgan fingerprint density at radius 1 is 0.923 bits per heavy atom. The summed E-state index contributed by atoms with van der Waals surface area (Å²) in [5.41, 5.74) is 0. The maximum Gasteiger partial charge on any atom is 0.0523 e. The Morgan fingerprint density at radius 3 is 1.69 bits per heavy atom. The lowest BCUT2D eigenvalue weighted by atomic mass is 10.2. The first-order chi connectivity index (χ1) is 6.35. The van der Waals surface area contributed by atoms with E-state index >= 15 is 0 Å². The summed E-state index contributed by atoms with van der Waals surface area (Å²) in [7, 11) is 0. The van der Waals surface area contributed by atoms with Crippen LogP contribution in [0.2, 0.25) is 0 Å². The number of hydrogen-bond donors (Lipinski definition) is 0. The van der Waals surface area contributed by atoms with Crippen molar-refractivity contribution in [1.29, 1.82) is 0 Å². The molecule has 3 nitrogen and oxygen atoms in total. The quantitative estimate of drug-likeness (QED) is 0.314. The number of nitrogens with zero attached hydrogens (tertiary/aromatic N) is 2. The molecule has 0 aliphatic carbocycles. The van der Waals surface area contributed by atoms with Crippen LogP contribution in [0.25, 0.3) is 0 Å². The topological polar surface area (TPSA) is 32.7 Å². The molecule has 0 aliphatic heterocycles. The van der Waals surface area contributed by atoms with E-state index in [9.17, 15) is 4.91 Å². The SMILES string of the molecule is CCCCCN(CCCCC)N=O. The summed E-state index contributed by atoms with van der Waals surface area (Å²) >= 11 is 0. The van der Waals surface area contributed by atoms with Crippen LogP contribution in [0.4, 0.5) is 0 Å². The van der Waals surface area contributed by atoms with Gasteiger partial charge in [-0.3, -0.25) is 5.01 Å². The normalized spacial score (nSPS) is 10.0. The molecule has 0 heterocycles. The minimum absolute atomic E-state index is 0.834. The summed E-state index contributed by atoms with van der Waals surface area (Å²) in [4.78, 5) is 10.4. The van der Waals surface area contributed by atoms with Crippen LogP contribution in [0.5, 0.6) is 0 Å². The van der Waals surface area contributed by atoms with Gasteiger partial charge in [-0.25, -0.2) is 0 Å². The summed E-state index contributed by atoms with van der Waals surface area (Å²) in [5, 5.41) is 4.67. The molecule has 0 N–H and O–H groups in total. The largest absolute Gasteiger partial charge is 0.261 e. The highest BCUT2D eigenvalue weighted by atomic mass is 16.3. The predicted molar refractivity (Wildman–Crippen MR) is 56.4 cm³/mol. The fraction of sp³-hybridized carbons (Fsp3) is 1.00. The third-order valence-corrected chi connectivity index (χ3v) is 2.16. The molecule has 0 amide bonds. The zero-order valence-corrected chi connectivity index (χ0v) is 8.96. The van der Waals surface area contributed by atoms with E-state index in [1.165, 1.54) is 25.7 Å². The zero-order valence-electron chi connectivity index (χ0n) is 8.96. The van der Waals surface area contributed by atoms with Gasteiger partial charge in [-0.1, -0.05) is 39.5 Å². The second-order valence-corrected chi connectivity index (χ2v) is 3.45. The molecule has 0 bridgehead atoms. The number of unbranched alkanes of at least 4 members (excludes halogenated alkanes) is 4. The highest BCUT2D eigenvalue weighted by molar-refractivity contribution is 4.52. The van der Waals surface area contributed by atoms with Crippen molar-refractivity contribution in [3.8, 4) is 0 Å². The van der Waals surface area contributed by atoms with Crippen molar-refractivity contribution < 1.29 is 0 Å². The number of nitroso groups, excluding NO2 is 1. The van der Waals surface area contributed by atoms with Crippen molar-refractivity contribution in [2.45, 2.75) is 52.4 Å². The zero-order chi connectivity index (χ0) is 9.94. The third kappa shape index (κ3) is 7.75. The molecule has 0 atom stereocenters. The van der Waals surface area contributed by atoms with Gasteiger partial charge in [0.15, 0.2) is 0 Å². The summed E-state index contributed by atoms with van der Waals surface area (Å²) in [6, 6.07) is 0. The molecule has 0 aromatic rings. The van der Waals surface area contributed by atoms with Gasteiger partial charge in [-0.2, -0.15) is 0 Å². The van der Waals surface area contributed by atoms with Gasteiger partial charge in [0, 0.05) is 13.1 Å². The monoisotopic (exact) mass is 186 g/mol. The van der Waals surface area contributed by atoms with Crippen LogP contribution in [0.3, 0.4) is 0 Å². The first kappa shape index (κ1) is 12.4. The minimum Gasteiger partial charge on any atom is -0.261 e. The fourth-order valence-electron chi connectivity index (χ4n) is 1.28. The van der Waals surface area contributed by atoms with Gasteiger partial charge in [-0.05, 0) is 12.8 Å². The van der Waals surface area contributed by atoms with Crippen molar-refractivity contribution in [3.63, 3.8) is 0 Å². The van der Waals surface area contributed by atoms with Gasteiger partial charge >= 0.3 is 0 Å². The number of hydrogen-bond acceptors (Lipinski definition) is 2. The molecule has 78 valence electrons. The van der Waals surface area contributed by atoms with E-state index < -0.39 is 0 Å². The fourth-order valence-corrected chi connectivity index (χ4v) is 1.28. The van der Waals surface area contributed by atoms with Crippen molar-refractivity contribution >= 4 is 0 Å². The Kier molecular flexibility index (Phi) is 9.05. The molecule has 0 aromatic carbocycles. The Morgan fingerprint density at radius 2 is 1.38 bits per heavy atom. The second kappa shape index (κ2) is 9.49. The second-order valence-electron chi connectivity index (χ2n) is 3.45. The van der Waals surface area contributed by atoms with Gasteiger partial charge in [0.1, 0.15) is 0 Å². The van der Waals surface area contributed by atoms with E-state index in [0.717, 1.165) is 25.9 Å². The third-order valence-electron chi connectivity index (χ3n) is 2.16. The molecule has 0 saturated carbocycles. The first-order valence-electron chi connectivity index (χ1n) is 5.43. The van der Waals surface area contributed by atoms with Crippen molar-refractivity contribution in [3.05, 3.63) is 4.91 Å². The highest BCUT2D eigenvalue weighted by Gasteiger charge is 2.00. The van der Waals surface area contributed by atoms with E-state index in [1.807, 2.05) is 0 Å². The van der Waals surface area contributed by atoms with Gasteiger partial charge in [0.25, 0.3) is 0 Å². The van der Waals surface area contributed by atoms with Crippen molar-refractivity contribution in [2.24, 2.45) is 5.29 Å². The van der Waals surface area contributed by atoms with Gasteiger partial charge in [0.05, 0.1) is 5.29 Å². The van der Waals surface area contributed by atoms with Crippen LogP contribution in [-0.2, 0) is 0 Å². The van der Waals surface area contributed by atoms with E-state index in [2.05, 4.69) is 19.1 Å². The number of rotatable bonds is 9. The highest BCUT2D eigenvalue weighted by Crippen LogP contribution is 2.02. The molecular formula is C10H22N2O. The lowest BCUT2D eigenvalue weighted by Crippen LogP contribution is -2.19.